The van der Waals surface area contributed by atoms with Crippen molar-refractivity contribution in [3.05, 3.63) is 35.9 Å². The normalized spacial score (nSPS) is 25.4. The molecule has 0 bridgehead atoms. The Hall–Kier alpha value is -0.820. The van der Waals surface area contributed by atoms with Crippen molar-refractivity contribution in [3.8, 4) is 0 Å². The summed E-state index contributed by atoms with van der Waals surface area (Å²) in [7, 11) is 0. The maximum atomic E-state index is 5.86. The zero-order chi connectivity index (χ0) is 10.4. The van der Waals surface area contributed by atoms with Gasteiger partial charge in [0.1, 0.15) is 0 Å². The van der Waals surface area contributed by atoms with E-state index in [1.807, 2.05) is 13.8 Å². The molecule has 1 aromatic carbocycles. The van der Waals surface area contributed by atoms with E-state index >= 15 is 0 Å². The molecule has 0 amide bonds. The van der Waals surface area contributed by atoms with E-state index in [2.05, 4.69) is 30.3 Å². The van der Waals surface area contributed by atoms with Crippen molar-refractivity contribution in [1.82, 2.24) is 0 Å². The molecule has 1 fully saturated rings. The van der Waals surface area contributed by atoms with Gasteiger partial charge >= 0.3 is 0 Å². The molecule has 2 unspecified atom stereocenters. The second-order valence-electron chi connectivity index (χ2n) is 3.68. The van der Waals surface area contributed by atoms with E-state index in [-0.39, 0.29) is 0 Å². The predicted molar refractivity (Wildman–Crippen MR) is 62.4 cm³/mol. The summed E-state index contributed by atoms with van der Waals surface area (Å²) in [6.45, 7) is 4.00. The average molecular weight is 191 g/mol. The fraction of sp³-hybridized carbons (Fsp3) is 0.538. The number of nitrogens with two attached hydrogens (primary N) is 1. The maximum absolute atomic E-state index is 5.86. The first kappa shape index (κ1) is 11.3. The van der Waals surface area contributed by atoms with E-state index in [1.54, 1.807) is 0 Å². The van der Waals surface area contributed by atoms with Crippen LogP contribution in [-0.2, 0) is 0 Å². The van der Waals surface area contributed by atoms with Crippen LogP contribution in [0.15, 0.2) is 30.3 Å². The van der Waals surface area contributed by atoms with Crippen molar-refractivity contribution in [3.63, 3.8) is 0 Å². The number of hydrogen-bond acceptors (Lipinski definition) is 1. The first-order valence-corrected chi connectivity index (χ1v) is 5.67. The van der Waals surface area contributed by atoms with Crippen LogP contribution in [0.5, 0.6) is 0 Å². The van der Waals surface area contributed by atoms with Crippen LogP contribution in [0.25, 0.3) is 0 Å². The van der Waals surface area contributed by atoms with Crippen LogP contribution in [-0.4, -0.2) is 6.04 Å². The third-order valence-electron chi connectivity index (χ3n) is 2.74. The van der Waals surface area contributed by atoms with Crippen LogP contribution in [0.2, 0.25) is 0 Å². The first-order valence-electron chi connectivity index (χ1n) is 5.67. The molecule has 0 saturated heterocycles. The Kier molecular flexibility index (Phi) is 4.68. The lowest BCUT2D eigenvalue weighted by molar-refractivity contribution is 0.675. The van der Waals surface area contributed by atoms with Gasteiger partial charge in [0.15, 0.2) is 0 Å². The molecule has 2 atom stereocenters. The molecule has 1 saturated carbocycles. The molecule has 14 heavy (non-hydrogen) atoms. The van der Waals surface area contributed by atoms with Crippen LogP contribution >= 0.6 is 0 Å². The SMILES string of the molecule is CC.NC1CCC(c2ccccc2)C1. The van der Waals surface area contributed by atoms with E-state index in [1.165, 1.54) is 24.8 Å². The fourth-order valence-corrected chi connectivity index (χ4v) is 2.04. The summed E-state index contributed by atoms with van der Waals surface area (Å²) < 4.78 is 0. The third-order valence-corrected chi connectivity index (χ3v) is 2.74. The summed E-state index contributed by atoms with van der Waals surface area (Å²) in [5.74, 6) is 0.723. The topological polar surface area (TPSA) is 26.0 Å². The molecule has 0 aliphatic heterocycles. The van der Waals surface area contributed by atoms with Crippen LogP contribution in [0, 0.1) is 0 Å². The van der Waals surface area contributed by atoms with Gasteiger partial charge in [-0.3, -0.25) is 0 Å². The first-order chi connectivity index (χ1) is 6.86. The molecule has 0 heterocycles. The molecule has 1 aliphatic rings. The number of hydrogen-bond donors (Lipinski definition) is 1. The largest absolute Gasteiger partial charge is 0.328 e. The van der Waals surface area contributed by atoms with Gasteiger partial charge in [0, 0.05) is 6.04 Å². The molecule has 78 valence electrons. The Morgan fingerprint density at radius 1 is 1.07 bits per heavy atom. The van der Waals surface area contributed by atoms with Crippen LogP contribution < -0.4 is 5.73 Å². The van der Waals surface area contributed by atoms with Crippen molar-refractivity contribution >= 4 is 0 Å². The molecular weight excluding hydrogens is 170 g/mol. The minimum absolute atomic E-state index is 0.440. The zero-order valence-corrected chi connectivity index (χ0v) is 9.24. The predicted octanol–water partition coefficient (Wildman–Crippen LogP) is 3.31. The molecule has 0 spiro atoms. The average Bonchev–Trinajstić information content (AvgIpc) is 2.69. The summed E-state index contributed by atoms with van der Waals surface area (Å²) >= 11 is 0. The highest BCUT2D eigenvalue weighted by molar-refractivity contribution is 5.20. The summed E-state index contributed by atoms with van der Waals surface area (Å²) in [5, 5.41) is 0. The molecule has 1 heteroatoms. The monoisotopic (exact) mass is 191 g/mol. The van der Waals surface area contributed by atoms with E-state index < -0.39 is 0 Å². The van der Waals surface area contributed by atoms with Gasteiger partial charge in [-0.1, -0.05) is 44.2 Å². The van der Waals surface area contributed by atoms with Gasteiger partial charge in [-0.2, -0.15) is 0 Å². The van der Waals surface area contributed by atoms with E-state index in [0.29, 0.717) is 6.04 Å². The van der Waals surface area contributed by atoms with Gasteiger partial charge in [0.2, 0.25) is 0 Å². The van der Waals surface area contributed by atoms with E-state index in [9.17, 15) is 0 Å². The van der Waals surface area contributed by atoms with E-state index in [4.69, 9.17) is 5.73 Å². The van der Waals surface area contributed by atoms with E-state index in [0.717, 1.165) is 5.92 Å². The quantitative estimate of drug-likeness (QED) is 0.724. The van der Waals surface area contributed by atoms with Gasteiger partial charge in [-0.15, -0.1) is 0 Å². The fourth-order valence-electron chi connectivity index (χ4n) is 2.04. The Morgan fingerprint density at radius 2 is 1.71 bits per heavy atom. The van der Waals surface area contributed by atoms with Crippen molar-refractivity contribution in [2.24, 2.45) is 5.73 Å². The summed E-state index contributed by atoms with van der Waals surface area (Å²) in [6, 6.07) is 11.2. The zero-order valence-electron chi connectivity index (χ0n) is 9.24. The Labute approximate surface area is 87.3 Å². The van der Waals surface area contributed by atoms with Gasteiger partial charge in [0.25, 0.3) is 0 Å². The highest BCUT2D eigenvalue weighted by atomic mass is 14.6. The molecule has 2 N–H and O–H groups in total. The van der Waals surface area contributed by atoms with Gasteiger partial charge in [0.05, 0.1) is 0 Å². The molecule has 2 rings (SSSR count). The molecule has 1 aliphatic carbocycles. The minimum Gasteiger partial charge on any atom is -0.328 e. The van der Waals surface area contributed by atoms with Crippen molar-refractivity contribution in [2.75, 3.05) is 0 Å². The number of benzene rings is 1. The molecule has 0 radical (unpaired) electrons. The van der Waals surface area contributed by atoms with Gasteiger partial charge in [-0.25, -0.2) is 0 Å². The van der Waals surface area contributed by atoms with Crippen LogP contribution in [0.3, 0.4) is 0 Å². The van der Waals surface area contributed by atoms with Gasteiger partial charge in [-0.05, 0) is 30.7 Å². The molecule has 1 aromatic rings. The minimum atomic E-state index is 0.440. The van der Waals surface area contributed by atoms with Crippen molar-refractivity contribution in [1.29, 1.82) is 0 Å². The molecule has 1 nitrogen and oxygen atoms in total. The lowest BCUT2D eigenvalue weighted by Gasteiger charge is -2.08. The van der Waals surface area contributed by atoms with Crippen LogP contribution in [0.1, 0.15) is 44.6 Å². The Bertz CT molecular complexity index is 243. The summed E-state index contributed by atoms with van der Waals surface area (Å²) in [5.41, 5.74) is 7.33. The van der Waals surface area contributed by atoms with Crippen LogP contribution in [0.4, 0.5) is 0 Å². The Morgan fingerprint density at radius 3 is 2.21 bits per heavy atom. The highest BCUT2D eigenvalue weighted by Gasteiger charge is 2.22. The second-order valence-corrected chi connectivity index (χ2v) is 3.68. The van der Waals surface area contributed by atoms with Gasteiger partial charge < -0.3 is 5.73 Å². The van der Waals surface area contributed by atoms with Crippen molar-refractivity contribution in [2.45, 2.75) is 45.1 Å². The van der Waals surface area contributed by atoms with Crippen molar-refractivity contribution < 1.29 is 0 Å². The summed E-state index contributed by atoms with van der Waals surface area (Å²) in [6.07, 6.45) is 3.63. The Balaban J connectivity index is 0.000000461. The summed E-state index contributed by atoms with van der Waals surface area (Å²) in [4.78, 5) is 0. The molecule has 0 aromatic heterocycles. The second kappa shape index (κ2) is 5.82. The smallest absolute Gasteiger partial charge is 0.00448 e. The standard InChI is InChI=1S/C11H15N.C2H6/c12-11-7-6-10(8-11)9-4-2-1-3-5-9;1-2/h1-5,10-11H,6-8,12H2;1-2H3. The lowest BCUT2D eigenvalue weighted by Crippen LogP contribution is -2.14. The maximum Gasteiger partial charge on any atom is 0.00448 e. The lowest BCUT2D eigenvalue weighted by atomic mass is 9.98. The molecular formula is C13H21N. The third kappa shape index (κ3) is 2.85. The number of rotatable bonds is 1. The highest BCUT2D eigenvalue weighted by Crippen LogP contribution is 2.32.